The molecule has 3 atom stereocenters. The van der Waals surface area contributed by atoms with Crippen molar-refractivity contribution < 1.29 is 4.79 Å². The van der Waals surface area contributed by atoms with Gasteiger partial charge in [0.1, 0.15) is 0 Å². The second-order valence-electron chi connectivity index (χ2n) is 5.30. The molecule has 98 valence electrons. The molecule has 3 heteroatoms. The van der Waals surface area contributed by atoms with Crippen LogP contribution in [0.2, 0.25) is 0 Å². The van der Waals surface area contributed by atoms with E-state index in [1.807, 2.05) is 11.0 Å². The van der Waals surface area contributed by atoms with Crippen LogP contribution < -0.4 is 5.73 Å². The predicted octanol–water partition coefficient (Wildman–Crippen LogP) is 1.81. The smallest absolute Gasteiger partial charge is 0.239 e. The summed E-state index contributed by atoms with van der Waals surface area (Å²) in [6.07, 6.45) is 2.12. The van der Waals surface area contributed by atoms with Crippen LogP contribution >= 0.6 is 0 Å². The van der Waals surface area contributed by atoms with Crippen molar-refractivity contribution in [2.75, 3.05) is 6.54 Å². The van der Waals surface area contributed by atoms with Crippen LogP contribution in [0.3, 0.4) is 0 Å². The van der Waals surface area contributed by atoms with Crippen LogP contribution in [0.25, 0.3) is 0 Å². The molecule has 0 aromatic heterocycles. The Balaban J connectivity index is 1.99. The molecular formula is C15H22N2O. The lowest BCUT2D eigenvalue weighted by Gasteiger charge is -2.26. The lowest BCUT2D eigenvalue weighted by molar-refractivity contribution is -0.133. The molecule has 18 heavy (non-hydrogen) atoms. The van der Waals surface area contributed by atoms with E-state index in [1.54, 1.807) is 6.92 Å². The second-order valence-corrected chi connectivity index (χ2v) is 5.30. The van der Waals surface area contributed by atoms with E-state index in [-0.39, 0.29) is 11.9 Å². The molecule has 1 aliphatic rings. The first-order valence-corrected chi connectivity index (χ1v) is 6.69. The number of hydrogen-bond donors (Lipinski definition) is 1. The number of nitrogens with two attached hydrogens (primary N) is 1. The number of hydrogen-bond acceptors (Lipinski definition) is 2. The highest BCUT2D eigenvalue weighted by molar-refractivity contribution is 5.81. The quantitative estimate of drug-likeness (QED) is 0.884. The molecule has 0 aliphatic carbocycles. The molecule has 2 N–H and O–H groups in total. The first kappa shape index (κ1) is 13.1. The van der Waals surface area contributed by atoms with E-state index in [0.29, 0.717) is 12.0 Å². The third-order valence-corrected chi connectivity index (χ3v) is 3.93. The number of likely N-dealkylation sites (tertiary alicyclic amines) is 1. The summed E-state index contributed by atoms with van der Waals surface area (Å²) < 4.78 is 0. The molecule has 0 saturated carbocycles. The predicted molar refractivity (Wildman–Crippen MR) is 73.1 cm³/mol. The zero-order valence-electron chi connectivity index (χ0n) is 11.2. The fraction of sp³-hybridized carbons (Fsp3) is 0.533. The fourth-order valence-corrected chi connectivity index (χ4v) is 2.77. The van der Waals surface area contributed by atoms with E-state index in [2.05, 4.69) is 31.2 Å². The summed E-state index contributed by atoms with van der Waals surface area (Å²) in [5.74, 6) is 0.633. The molecule has 2 unspecified atom stereocenters. The summed E-state index contributed by atoms with van der Waals surface area (Å²) in [4.78, 5) is 13.9. The van der Waals surface area contributed by atoms with Crippen LogP contribution in [0.4, 0.5) is 0 Å². The summed E-state index contributed by atoms with van der Waals surface area (Å²) in [6.45, 7) is 4.75. The summed E-state index contributed by atoms with van der Waals surface area (Å²) in [5.41, 5.74) is 7.04. The van der Waals surface area contributed by atoms with Crippen molar-refractivity contribution in [1.82, 2.24) is 4.90 Å². The van der Waals surface area contributed by atoms with Crippen LogP contribution in [0, 0.1) is 5.92 Å². The van der Waals surface area contributed by atoms with E-state index >= 15 is 0 Å². The monoisotopic (exact) mass is 246 g/mol. The van der Waals surface area contributed by atoms with Gasteiger partial charge in [-0.05, 0) is 38.2 Å². The van der Waals surface area contributed by atoms with Crippen molar-refractivity contribution in [2.24, 2.45) is 11.7 Å². The Morgan fingerprint density at radius 2 is 2.11 bits per heavy atom. The van der Waals surface area contributed by atoms with E-state index in [0.717, 1.165) is 19.4 Å². The Bertz CT molecular complexity index is 402. The van der Waals surface area contributed by atoms with Crippen molar-refractivity contribution in [1.29, 1.82) is 0 Å². The van der Waals surface area contributed by atoms with E-state index in [1.165, 1.54) is 5.56 Å². The maximum Gasteiger partial charge on any atom is 0.239 e. The molecule has 1 aliphatic heterocycles. The maximum atomic E-state index is 12.0. The minimum atomic E-state index is -0.386. The number of nitrogens with zero attached hydrogens (tertiary/aromatic N) is 1. The van der Waals surface area contributed by atoms with E-state index < -0.39 is 0 Å². The normalized spacial score (nSPS) is 25.2. The van der Waals surface area contributed by atoms with Crippen LogP contribution in [0.1, 0.15) is 25.8 Å². The summed E-state index contributed by atoms with van der Waals surface area (Å²) in [5, 5.41) is 0. The highest BCUT2D eigenvalue weighted by Gasteiger charge is 2.34. The number of carbonyl (C=O) groups is 1. The van der Waals surface area contributed by atoms with Gasteiger partial charge < -0.3 is 10.6 Å². The Hall–Kier alpha value is -1.35. The molecule has 1 heterocycles. The largest absolute Gasteiger partial charge is 0.338 e. The molecular weight excluding hydrogens is 224 g/mol. The molecule has 0 spiro atoms. The van der Waals surface area contributed by atoms with Gasteiger partial charge in [0.2, 0.25) is 5.91 Å². The minimum absolute atomic E-state index is 0.0815. The first-order chi connectivity index (χ1) is 8.59. The van der Waals surface area contributed by atoms with Gasteiger partial charge in [0, 0.05) is 12.6 Å². The average Bonchev–Trinajstić information content (AvgIpc) is 2.71. The summed E-state index contributed by atoms with van der Waals surface area (Å²) in [6, 6.07) is 10.4. The van der Waals surface area contributed by atoms with Gasteiger partial charge in [0.05, 0.1) is 6.04 Å². The number of rotatable bonds is 3. The number of benzene rings is 1. The van der Waals surface area contributed by atoms with Crippen molar-refractivity contribution in [2.45, 2.75) is 38.8 Å². The lowest BCUT2D eigenvalue weighted by atomic mass is 9.93. The van der Waals surface area contributed by atoms with Gasteiger partial charge in [-0.2, -0.15) is 0 Å². The van der Waals surface area contributed by atoms with Gasteiger partial charge in [-0.1, -0.05) is 30.3 Å². The third-order valence-electron chi connectivity index (χ3n) is 3.93. The highest BCUT2D eigenvalue weighted by Crippen LogP contribution is 2.27. The van der Waals surface area contributed by atoms with Gasteiger partial charge in [-0.15, -0.1) is 0 Å². The lowest BCUT2D eigenvalue weighted by Crippen LogP contribution is -2.44. The highest BCUT2D eigenvalue weighted by atomic mass is 16.2. The first-order valence-electron chi connectivity index (χ1n) is 6.69. The molecule has 1 fully saturated rings. The second kappa shape index (κ2) is 5.53. The molecule has 2 rings (SSSR count). The van der Waals surface area contributed by atoms with Crippen molar-refractivity contribution >= 4 is 5.91 Å². The van der Waals surface area contributed by atoms with Gasteiger partial charge >= 0.3 is 0 Å². The molecule has 0 bridgehead atoms. The Morgan fingerprint density at radius 1 is 1.44 bits per heavy atom. The summed E-state index contributed by atoms with van der Waals surface area (Å²) >= 11 is 0. The van der Waals surface area contributed by atoms with E-state index in [4.69, 9.17) is 5.73 Å². The molecule has 1 saturated heterocycles. The van der Waals surface area contributed by atoms with Crippen molar-refractivity contribution in [3.05, 3.63) is 35.9 Å². The number of carbonyl (C=O) groups excluding carboxylic acids is 1. The molecule has 3 nitrogen and oxygen atoms in total. The standard InChI is InChI=1S/C15H22N2O/c1-11(16)15(18)17-9-8-14(12(17)2)10-13-6-4-3-5-7-13/h3-7,11-12,14H,8-10,16H2,1-2H3/t11-,12?,14?/m1/s1. The van der Waals surface area contributed by atoms with Gasteiger partial charge in [-0.25, -0.2) is 0 Å². The molecule has 0 radical (unpaired) electrons. The fourth-order valence-electron chi connectivity index (χ4n) is 2.77. The van der Waals surface area contributed by atoms with Crippen LogP contribution in [0.15, 0.2) is 30.3 Å². The van der Waals surface area contributed by atoms with Crippen LogP contribution in [0.5, 0.6) is 0 Å². The molecule has 1 aromatic rings. The van der Waals surface area contributed by atoms with E-state index in [9.17, 15) is 4.79 Å². The zero-order valence-corrected chi connectivity index (χ0v) is 11.2. The number of amides is 1. The molecule has 1 aromatic carbocycles. The third kappa shape index (κ3) is 2.72. The van der Waals surface area contributed by atoms with Gasteiger partial charge in [0.15, 0.2) is 0 Å². The Kier molecular flexibility index (Phi) is 4.02. The zero-order chi connectivity index (χ0) is 13.1. The SMILES string of the molecule is CC1C(Cc2ccccc2)CCN1C(=O)[C@@H](C)N. The minimum Gasteiger partial charge on any atom is -0.338 e. The summed E-state index contributed by atoms with van der Waals surface area (Å²) in [7, 11) is 0. The van der Waals surface area contributed by atoms with Gasteiger partial charge in [-0.3, -0.25) is 4.79 Å². The average molecular weight is 246 g/mol. The molecule has 1 amide bonds. The topological polar surface area (TPSA) is 46.3 Å². The van der Waals surface area contributed by atoms with Crippen molar-refractivity contribution in [3.8, 4) is 0 Å². The maximum absolute atomic E-state index is 12.0. The van der Waals surface area contributed by atoms with Crippen LogP contribution in [-0.4, -0.2) is 29.4 Å². The van der Waals surface area contributed by atoms with Crippen LogP contribution in [-0.2, 0) is 11.2 Å². The Labute approximate surface area is 109 Å². The van der Waals surface area contributed by atoms with Gasteiger partial charge in [0.25, 0.3) is 0 Å². The van der Waals surface area contributed by atoms with Crippen molar-refractivity contribution in [3.63, 3.8) is 0 Å². The Morgan fingerprint density at radius 3 is 2.72 bits per heavy atom.